The number of halogens is 2. The van der Waals surface area contributed by atoms with E-state index in [0.717, 1.165) is 5.38 Å². The van der Waals surface area contributed by atoms with Crippen LogP contribution in [-0.4, -0.2) is 21.2 Å². The van der Waals surface area contributed by atoms with Gasteiger partial charge in [0.05, 0.1) is 18.1 Å². The molecule has 0 aliphatic rings. The van der Waals surface area contributed by atoms with Crippen LogP contribution in [0, 0.1) is 5.82 Å². The minimum Gasteiger partial charge on any atom is -0.465 e. The highest BCUT2D eigenvalue weighted by Crippen LogP contribution is 2.30. The number of furan rings is 1. The lowest BCUT2D eigenvalue weighted by molar-refractivity contribution is 0.0595. The monoisotopic (exact) mass is 300 g/mol. The number of hydrogen-bond donors (Lipinski definition) is 0. The predicted octanol–water partition coefficient (Wildman–Crippen LogP) is 3.56. The van der Waals surface area contributed by atoms with Crippen LogP contribution in [0.15, 0.2) is 16.5 Å². The smallest absolute Gasteiger partial charge is 0.340 e. The van der Waals surface area contributed by atoms with E-state index in [9.17, 15) is 9.18 Å². The zero-order chi connectivity index (χ0) is 14.4. The molecule has 0 amide bonds. The van der Waals surface area contributed by atoms with Gasteiger partial charge in [0.2, 0.25) is 0 Å². The molecule has 0 atom stereocenters. The molecule has 0 aliphatic carbocycles. The largest absolute Gasteiger partial charge is 0.465 e. The van der Waals surface area contributed by atoms with E-state index < -0.39 is 19.9 Å². The minimum atomic E-state index is -1.67. The Hall–Kier alpha value is -1.33. The van der Waals surface area contributed by atoms with Crippen molar-refractivity contribution in [2.75, 3.05) is 7.11 Å². The molecule has 0 N–H and O–H groups in total. The Bertz CT molecular complexity index is 658. The Balaban J connectivity index is 2.73. The average Bonchev–Trinajstić information content (AvgIpc) is 2.76. The van der Waals surface area contributed by atoms with E-state index in [1.807, 2.05) is 6.07 Å². The molecule has 0 saturated carbocycles. The summed E-state index contributed by atoms with van der Waals surface area (Å²) in [5.74, 6) is -1.56. The number of hydrogen-bond acceptors (Lipinski definition) is 3. The maximum absolute atomic E-state index is 14.0. The van der Waals surface area contributed by atoms with Crippen LogP contribution in [0.1, 0.15) is 10.4 Å². The second-order valence-electron chi connectivity index (χ2n) is 5.32. The molecule has 6 heteroatoms. The Labute approximate surface area is 116 Å². The molecule has 0 unspecified atom stereocenters. The van der Waals surface area contributed by atoms with Crippen LogP contribution in [0.5, 0.6) is 0 Å². The van der Waals surface area contributed by atoms with Crippen LogP contribution in [0.2, 0.25) is 24.7 Å². The van der Waals surface area contributed by atoms with Crippen molar-refractivity contribution in [1.29, 1.82) is 0 Å². The molecule has 1 aromatic heterocycles. The third-order valence-corrected chi connectivity index (χ3v) is 4.90. The van der Waals surface area contributed by atoms with Crippen LogP contribution in [-0.2, 0) is 4.74 Å². The van der Waals surface area contributed by atoms with Crippen LogP contribution in [0.25, 0.3) is 11.0 Å². The molecular weight excluding hydrogens is 287 g/mol. The van der Waals surface area contributed by atoms with E-state index in [2.05, 4.69) is 24.4 Å². The fraction of sp³-hybridized carbons (Fsp3) is 0.308. The number of fused-ring (bicyclic) bond motifs is 1. The van der Waals surface area contributed by atoms with Gasteiger partial charge in [-0.05, 0) is 12.1 Å². The third-order valence-electron chi connectivity index (χ3n) is 2.83. The summed E-state index contributed by atoms with van der Waals surface area (Å²) < 4.78 is 24.2. The summed E-state index contributed by atoms with van der Waals surface area (Å²) in [6.45, 7) is 6.32. The summed E-state index contributed by atoms with van der Waals surface area (Å²) in [7, 11) is -0.476. The second kappa shape index (κ2) is 4.65. The van der Waals surface area contributed by atoms with Gasteiger partial charge in [0.15, 0.2) is 11.4 Å². The van der Waals surface area contributed by atoms with Gasteiger partial charge in [0, 0.05) is 5.39 Å². The molecule has 2 rings (SSSR count). The predicted molar refractivity (Wildman–Crippen MR) is 75.5 cm³/mol. The van der Waals surface area contributed by atoms with E-state index in [1.54, 1.807) is 0 Å². The van der Waals surface area contributed by atoms with E-state index >= 15 is 0 Å². The maximum Gasteiger partial charge on any atom is 0.340 e. The quantitative estimate of drug-likeness (QED) is 0.629. The van der Waals surface area contributed by atoms with Crippen molar-refractivity contribution in [3.63, 3.8) is 0 Å². The molecule has 1 heterocycles. The van der Waals surface area contributed by atoms with Crippen molar-refractivity contribution in [1.82, 2.24) is 0 Å². The molecule has 102 valence electrons. The van der Waals surface area contributed by atoms with Crippen molar-refractivity contribution in [3.8, 4) is 0 Å². The summed E-state index contributed by atoms with van der Waals surface area (Å²) in [5.41, 5.74) is 0.104. The molecule has 0 fully saturated rings. The molecule has 0 saturated heterocycles. The SMILES string of the molecule is COC(=O)c1cc2cc([Si](C)(C)C)oc2c(Cl)c1F. The Morgan fingerprint density at radius 1 is 1.37 bits per heavy atom. The first-order chi connectivity index (χ1) is 8.75. The van der Waals surface area contributed by atoms with Crippen molar-refractivity contribution in [3.05, 3.63) is 28.5 Å². The number of ether oxygens (including phenoxy) is 1. The van der Waals surface area contributed by atoms with Crippen LogP contribution in [0.4, 0.5) is 4.39 Å². The maximum atomic E-state index is 14.0. The highest BCUT2D eigenvalue weighted by molar-refractivity contribution is 6.87. The first kappa shape index (κ1) is 14.1. The van der Waals surface area contributed by atoms with Crippen molar-refractivity contribution in [2.45, 2.75) is 19.6 Å². The molecule has 0 bridgehead atoms. The summed E-state index contributed by atoms with van der Waals surface area (Å²) in [6, 6.07) is 3.23. The van der Waals surface area contributed by atoms with Gasteiger partial charge in [0.25, 0.3) is 0 Å². The second-order valence-corrected chi connectivity index (χ2v) is 10.7. The molecule has 0 spiro atoms. The lowest BCUT2D eigenvalue weighted by Crippen LogP contribution is -2.36. The van der Waals surface area contributed by atoms with Gasteiger partial charge in [-0.15, -0.1) is 0 Å². The number of carbonyl (C=O) groups excluding carboxylic acids is 1. The molecular formula is C13H14ClFO3Si. The Morgan fingerprint density at radius 2 is 2.00 bits per heavy atom. The Morgan fingerprint density at radius 3 is 2.53 bits per heavy atom. The van der Waals surface area contributed by atoms with E-state index in [1.165, 1.54) is 13.2 Å². The first-order valence-electron chi connectivity index (χ1n) is 5.76. The molecule has 3 nitrogen and oxygen atoms in total. The molecule has 0 radical (unpaired) electrons. The lowest BCUT2D eigenvalue weighted by Gasteiger charge is -2.10. The highest BCUT2D eigenvalue weighted by atomic mass is 35.5. The highest BCUT2D eigenvalue weighted by Gasteiger charge is 2.25. The number of carbonyl (C=O) groups is 1. The number of methoxy groups -OCH3 is 1. The van der Waals surface area contributed by atoms with Gasteiger partial charge in [-0.25, -0.2) is 9.18 Å². The summed E-state index contributed by atoms with van der Waals surface area (Å²) in [4.78, 5) is 11.5. The van der Waals surface area contributed by atoms with E-state index in [-0.39, 0.29) is 16.2 Å². The molecule has 19 heavy (non-hydrogen) atoms. The van der Waals surface area contributed by atoms with Gasteiger partial charge in [-0.1, -0.05) is 31.2 Å². The van der Waals surface area contributed by atoms with Gasteiger partial charge >= 0.3 is 5.97 Å². The van der Waals surface area contributed by atoms with E-state index in [4.69, 9.17) is 16.0 Å². The third kappa shape index (κ3) is 2.40. The minimum absolute atomic E-state index is 0.178. The summed E-state index contributed by atoms with van der Waals surface area (Å²) in [6.07, 6.45) is 0. The average molecular weight is 301 g/mol. The van der Waals surface area contributed by atoms with Crippen molar-refractivity contribution >= 4 is 42.0 Å². The van der Waals surface area contributed by atoms with Crippen LogP contribution >= 0.6 is 11.6 Å². The zero-order valence-corrected chi connectivity index (χ0v) is 12.9. The Kier molecular flexibility index (Phi) is 3.45. The van der Waals surface area contributed by atoms with Crippen LogP contribution in [0.3, 0.4) is 0 Å². The zero-order valence-electron chi connectivity index (χ0n) is 11.1. The van der Waals surface area contributed by atoms with Crippen molar-refractivity contribution in [2.24, 2.45) is 0 Å². The number of esters is 1. The van der Waals surface area contributed by atoms with Gasteiger partial charge in [-0.2, -0.15) is 0 Å². The standard InChI is InChI=1S/C13H14ClFO3Si/c1-17-13(16)8-5-7-6-9(19(2,3)4)18-12(7)10(14)11(8)15/h5-6H,1-4H3. The lowest BCUT2D eigenvalue weighted by atomic mass is 10.1. The van der Waals surface area contributed by atoms with E-state index in [0.29, 0.717) is 5.39 Å². The summed E-state index contributed by atoms with van der Waals surface area (Å²) >= 11 is 5.93. The van der Waals surface area contributed by atoms with Crippen molar-refractivity contribution < 1.29 is 18.3 Å². The number of rotatable bonds is 2. The molecule has 0 aliphatic heterocycles. The van der Waals surface area contributed by atoms with Crippen LogP contribution < -0.4 is 5.38 Å². The molecule has 2 aromatic rings. The fourth-order valence-corrected chi connectivity index (χ4v) is 2.99. The molecule has 1 aromatic carbocycles. The van der Waals surface area contributed by atoms with Gasteiger partial charge < -0.3 is 9.15 Å². The first-order valence-corrected chi connectivity index (χ1v) is 9.64. The fourth-order valence-electron chi connectivity index (χ4n) is 1.75. The normalized spacial score (nSPS) is 11.9. The summed E-state index contributed by atoms with van der Waals surface area (Å²) in [5, 5.41) is 1.25. The van der Waals surface area contributed by atoms with Gasteiger partial charge in [-0.3, -0.25) is 0 Å². The number of benzene rings is 1. The topological polar surface area (TPSA) is 39.4 Å². The van der Waals surface area contributed by atoms with Gasteiger partial charge in [0.1, 0.15) is 13.1 Å².